The Kier molecular flexibility index (Phi) is 4.55. The van der Waals surface area contributed by atoms with Crippen LogP contribution >= 0.6 is 0 Å². The molecule has 1 aromatic heterocycles. The maximum atomic E-state index is 12.1. The first kappa shape index (κ1) is 15.0. The first-order chi connectivity index (χ1) is 10.0. The van der Waals surface area contributed by atoms with Crippen molar-refractivity contribution in [3.63, 3.8) is 0 Å². The molecule has 0 saturated heterocycles. The van der Waals surface area contributed by atoms with Crippen molar-refractivity contribution in [3.05, 3.63) is 69.1 Å². The van der Waals surface area contributed by atoms with E-state index in [1.54, 1.807) is 17.7 Å². The van der Waals surface area contributed by atoms with Crippen molar-refractivity contribution in [3.8, 4) is 0 Å². The average Bonchev–Trinajstić information content (AvgIpc) is 2.48. The molecule has 1 heterocycles. The number of aryl methyl sites for hydroxylation is 2. The zero-order valence-electron chi connectivity index (χ0n) is 12.1. The third-order valence-corrected chi connectivity index (χ3v) is 3.36. The number of hydrogen-bond acceptors (Lipinski definition) is 3. The molecule has 0 aliphatic carbocycles. The summed E-state index contributed by atoms with van der Waals surface area (Å²) < 4.78 is 1.74. The van der Waals surface area contributed by atoms with Crippen molar-refractivity contribution in [1.29, 1.82) is 0 Å². The molecule has 0 radical (unpaired) electrons. The highest BCUT2D eigenvalue weighted by atomic mass is 16.3. The van der Waals surface area contributed by atoms with Gasteiger partial charge in [0.1, 0.15) is 5.56 Å². The van der Waals surface area contributed by atoms with E-state index in [1.807, 2.05) is 25.1 Å². The summed E-state index contributed by atoms with van der Waals surface area (Å²) in [5.41, 5.74) is 2.30. The van der Waals surface area contributed by atoms with Gasteiger partial charge in [-0.3, -0.25) is 9.59 Å². The summed E-state index contributed by atoms with van der Waals surface area (Å²) in [7, 11) is 1.79. The second-order valence-electron chi connectivity index (χ2n) is 4.96. The van der Waals surface area contributed by atoms with Crippen molar-refractivity contribution in [1.82, 2.24) is 9.88 Å². The molecule has 0 fully saturated rings. The van der Waals surface area contributed by atoms with E-state index in [-0.39, 0.29) is 17.6 Å². The maximum Gasteiger partial charge on any atom is 0.257 e. The lowest BCUT2D eigenvalue weighted by atomic mass is 10.1. The molecule has 0 aliphatic heterocycles. The Labute approximate surface area is 122 Å². The van der Waals surface area contributed by atoms with Gasteiger partial charge in [0, 0.05) is 31.5 Å². The second-order valence-corrected chi connectivity index (χ2v) is 4.96. The first-order valence-corrected chi connectivity index (χ1v) is 6.65. The molecule has 2 N–H and O–H groups in total. The van der Waals surface area contributed by atoms with Crippen LogP contribution in [-0.4, -0.2) is 15.6 Å². The monoisotopic (exact) mass is 286 g/mol. The molecule has 0 unspecified atom stereocenters. The Morgan fingerprint density at radius 3 is 2.71 bits per heavy atom. The number of aliphatic hydroxyl groups is 1. The van der Waals surface area contributed by atoms with E-state index in [1.165, 1.54) is 12.3 Å². The zero-order chi connectivity index (χ0) is 15.4. The Morgan fingerprint density at radius 2 is 2.00 bits per heavy atom. The fraction of sp³-hybridized carbons (Fsp3) is 0.250. The molecule has 110 valence electrons. The summed E-state index contributed by atoms with van der Waals surface area (Å²) >= 11 is 0. The fourth-order valence-electron chi connectivity index (χ4n) is 2.01. The van der Waals surface area contributed by atoms with Crippen LogP contribution in [0.1, 0.15) is 27.2 Å². The number of benzene rings is 1. The van der Waals surface area contributed by atoms with E-state index < -0.39 is 5.91 Å². The molecule has 0 bridgehead atoms. The molecule has 0 saturated carbocycles. The van der Waals surface area contributed by atoms with Gasteiger partial charge in [0.2, 0.25) is 0 Å². The van der Waals surface area contributed by atoms with E-state index in [4.69, 9.17) is 5.11 Å². The molecular formula is C16H18N2O3. The largest absolute Gasteiger partial charge is 0.392 e. The normalized spacial score (nSPS) is 10.4. The molecule has 21 heavy (non-hydrogen) atoms. The van der Waals surface area contributed by atoms with Gasteiger partial charge in [-0.15, -0.1) is 0 Å². The third kappa shape index (κ3) is 3.58. The second kappa shape index (κ2) is 6.37. The van der Waals surface area contributed by atoms with Crippen LogP contribution in [0.15, 0.2) is 41.3 Å². The number of carbonyl (C=O) groups is 1. The Balaban J connectivity index is 2.11. The number of hydrogen-bond donors (Lipinski definition) is 2. The molecule has 2 rings (SSSR count). The molecule has 0 atom stereocenters. The summed E-state index contributed by atoms with van der Waals surface area (Å²) in [5, 5.41) is 11.8. The predicted octanol–water partition coefficient (Wildman–Crippen LogP) is 1.12. The van der Waals surface area contributed by atoms with Gasteiger partial charge in [-0.25, -0.2) is 0 Å². The van der Waals surface area contributed by atoms with Gasteiger partial charge in [-0.2, -0.15) is 0 Å². The summed E-state index contributed by atoms with van der Waals surface area (Å²) in [5.74, 6) is -0.398. The zero-order valence-corrected chi connectivity index (χ0v) is 12.1. The predicted molar refractivity (Wildman–Crippen MR) is 80.0 cm³/mol. The van der Waals surface area contributed by atoms with E-state index in [0.29, 0.717) is 6.54 Å². The molecule has 1 amide bonds. The minimum absolute atomic E-state index is 0.0414. The number of nitrogens with zero attached hydrogens (tertiary/aromatic N) is 1. The number of nitrogens with one attached hydrogen (secondary N) is 1. The number of carbonyl (C=O) groups excluding carboxylic acids is 1. The molecule has 5 nitrogen and oxygen atoms in total. The summed E-state index contributed by atoms with van der Waals surface area (Å²) in [4.78, 5) is 23.9. The van der Waals surface area contributed by atoms with E-state index in [2.05, 4.69) is 5.32 Å². The first-order valence-electron chi connectivity index (χ1n) is 6.65. The van der Waals surface area contributed by atoms with Crippen LogP contribution < -0.4 is 10.7 Å². The van der Waals surface area contributed by atoms with Gasteiger partial charge < -0.3 is 15.0 Å². The van der Waals surface area contributed by atoms with Crippen LogP contribution in [0.25, 0.3) is 0 Å². The number of rotatable bonds is 4. The molecule has 2 aromatic rings. The molecule has 0 aliphatic rings. The van der Waals surface area contributed by atoms with Crippen LogP contribution in [0.3, 0.4) is 0 Å². The number of pyridine rings is 1. The summed E-state index contributed by atoms with van der Waals surface area (Å²) in [6.45, 7) is 2.08. The van der Waals surface area contributed by atoms with Crippen molar-refractivity contribution >= 4 is 5.91 Å². The highest BCUT2D eigenvalue weighted by Gasteiger charge is 2.11. The standard InChI is InChI=1S/C16H18N2O3/c1-11-6-15(20)14(9-18(11)2)16(21)17-8-12-4-3-5-13(7-12)10-19/h3-7,9,19H,8,10H2,1-2H3,(H,17,21). The fourth-order valence-corrected chi connectivity index (χ4v) is 2.01. The minimum Gasteiger partial charge on any atom is -0.392 e. The van der Waals surface area contributed by atoms with Crippen molar-refractivity contribution in [2.45, 2.75) is 20.1 Å². The van der Waals surface area contributed by atoms with Gasteiger partial charge in [0.15, 0.2) is 5.43 Å². The number of aliphatic hydroxyl groups excluding tert-OH is 1. The number of amides is 1. The average molecular weight is 286 g/mol. The van der Waals surface area contributed by atoms with Gasteiger partial charge >= 0.3 is 0 Å². The Bertz CT molecular complexity index is 720. The van der Waals surface area contributed by atoms with Crippen LogP contribution in [0.4, 0.5) is 0 Å². The van der Waals surface area contributed by atoms with Gasteiger partial charge in [0.05, 0.1) is 6.61 Å². The van der Waals surface area contributed by atoms with E-state index >= 15 is 0 Å². The Morgan fingerprint density at radius 1 is 1.29 bits per heavy atom. The highest BCUT2D eigenvalue weighted by molar-refractivity contribution is 5.93. The van der Waals surface area contributed by atoms with Crippen LogP contribution in [0.5, 0.6) is 0 Å². The van der Waals surface area contributed by atoms with Crippen LogP contribution in [0.2, 0.25) is 0 Å². The Hall–Kier alpha value is -2.40. The quantitative estimate of drug-likeness (QED) is 0.884. The van der Waals surface area contributed by atoms with Gasteiger partial charge in [0.25, 0.3) is 5.91 Å². The summed E-state index contributed by atoms with van der Waals surface area (Å²) in [6.07, 6.45) is 1.54. The lowest BCUT2D eigenvalue weighted by Gasteiger charge is -2.09. The lowest BCUT2D eigenvalue weighted by molar-refractivity contribution is 0.0949. The topological polar surface area (TPSA) is 71.3 Å². The molecule has 5 heteroatoms. The number of aromatic nitrogens is 1. The molecule has 0 spiro atoms. The van der Waals surface area contributed by atoms with Crippen LogP contribution in [-0.2, 0) is 20.2 Å². The summed E-state index contributed by atoms with van der Waals surface area (Å²) in [6, 6.07) is 8.74. The van der Waals surface area contributed by atoms with E-state index in [9.17, 15) is 9.59 Å². The smallest absolute Gasteiger partial charge is 0.257 e. The van der Waals surface area contributed by atoms with Gasteiger partial charge in [-0.05, 0) is 18.1 Å². The van der Waals surface area contributed by atoms with Crippen LogP contribution in [0, 0.1) is 6.92 Å². The SMILES string of the molecule is Cc1cc(=O)c(C(=O)NCc2cccc(CO)c2)cn1C. The van der Waals surface area contributed by atoms with Gasteiger partial charge in [-0.1, -0.05) is 24.3 Å². The molecular weight excluding hydrogens is 268 g/mol. The minimum atomic E-state index is -0.398. The highest BCUT2D eigenvalue weighted by Crippen LogP contribution is 2.05. The third-order valence-electron chi connectivity index (χ3n) is 3.36. The van der Waals surface area contributed by atoms with Crippen molar-refractivity contribution < 1.29 is 9.90 Å². The van der Waals surface area contributed by atoms with E-state index in [0.717, 1.165) is 16.8 Å². The van der Waals surface area contributed by atoms with Crippen molar-refractivity contribution in [2.24, 2.45) is 7.05 Å². The van der Waals surface area contributed by atoms with Crippen molar-refractivity contribution in [2.75, 3.05) is 0 Å². The molecule has 1 aromatic carbocycles. The maximum absolute atomic E-state index is 12.1. The lowest BCUT2D eigenvalue weighted by Crippen LogP contribution is -2.29.